The van der Waals surface area contributed by atoms with Gasteiger partial charge in [-0.15, -0.1) is 0 Å². The Hall–Kier alpha value is -3.72. The number of aromatic amines is 1. The summed E-state index contributed by atoms with van der Waals surface area (Å²) in [5, 5.41) is 12.6. The van der Waals surface area contributed by atoms with E-state index in [-0.39, 0.29) is 11.9 Å². The Morgan fingerprint density at radius 3 is 2.76 bits per heavy atom. The first-order valence-electron chi connectivity index (χ1n) is 11.3. The molecule has 6 rings (SSSR count). The number of pyridine rings is 1. The third-order valence-corrected chi connectivity index (χ3v) is 6.47. The average molecular weight is 444 g/mol. The minimum absolute atomic E-state index is 0.193. The summed E-state index contributed by atoms with van der Waals surface area (Å²) in [6.07, 6.45) is 5.10. The van der Waals surface area contributed by atoms with Crippen molar-refractivity contribution in [1.82, 2.24) is 25.0 Å². The fourth-order valence-corrected chi connectivity index (χ4v) is 4.73. The van der Waals surface area contributed by atoms with Gasteiger partial charge in [-0.05, 0) is 42.7 Å². The molecule has 0 saturated carbocycles. The first-order valence-corrected chi connectivity index (χ1v) is 11.3. The van der Waals surface area contributed by atoms with E-state index >= 15 is 0 Å². The first kappa shape index (κ1) is 19.9. The van der Waals surface area contributed by atoms with Gasteiger partial charge in [-0.2, -0.15) is 14.9 Å². The van der Waals surface area contributed by atoms with E-state index in [9.17, 15) is 4.79 Å². The van der Waals surface area contributed by atoms with Crippen LogP contribution in [-0.4, -0.2) is 63.2 Å². The van der Waals surface area contributed by atoms with Gasteiger partial charge in [-0.3, -0.25) is 9.89 Å². The zero-order valence-corrected chi connectivity index (χ0v) is 18.4. The molecule has 2 fully saturated rings. The molecule has 2 aliphatic rings. The quantitative estimate of drug-likeness (QED) is 0.521. The van der Waals surface area contributed by atoms with Crippen LogP contribution < -0.4 is 9.80 Å². The van der Waals surface area contributed by atoms with E-state index in [2.05, 4.69) is 45.3 Å². The van der Waals surface area contributed by atoms with E-state index in [0.29, 0.717) is 19.6 Å². The molecular formula is C24H25N7O2. The van der Waals surface area contributed by atoms with E-state index in [1.165, 1.54) is 0 Å². The molecule has 1 atom stereocenters. The number of fused-ring (bicyclic) bond motifs is 1. The van der Waals surface area contributed by atoms with Crippen molar-refractivity contribution in [2.75, 3.05) is 36.1 Å². The third kappa shape index (κ3) is 3.45. The molecule has 1 amide bonds. The van der Waals surface area contributed by atoms with Crippen molar-refractivity contribution in [2.24, 2.45) is 0 Å². The number of hydrogen-bond donors (Lipinski definition) is 1. The number of benzene rings is 1. The van der Waals surface area contributed by atoms with Crippen molar-refractivity contribution in [2.45, 2.75) is 25.8 Å². The normalized spacial score (nSPS) is 19.1. The van der Waals surface area contributed by atoms with Gasteiger partial charge in [0.2, 0.25) is 5.91 Å². The summed E-state index contributed by atoms with van der Waals surface area (Å²) in [5.41, 5.74) is 3.83. The lowest BCUT2D eigenvalue weighted by atomic mass is 10.0. The van der Waals surface area contributed by atoms with E-state index in [0.717, 1.165) is 59.0 Å². The molecule has 9 nitrogen and oxygen atoms in total. The lowest BCUT2D eigenvalue weighted by molar-refractivity contribution is -0.117. The Kier molecular flexibility index (Phi) is 4.83. The van der Waals surface area contributed by atoms with Crippen LogP contribution in [0.5, 0.6) is 0 Å². The van der Waals surface area contributed by atoms with E-state index in [4.69, 9.17) is 9.72 Å². The summed E-state index contributed by atoms with van der Waals surface area (Å²) in [5.74, 6) is 1.85. The second kappa shape index (κ2) is 8.00. The van der Waals surface area contributed by atoms with Gasteiger partial charge in [0.25, 0.3) is 0 Å². The Labute approximate surface area is 191 Å². The number of aromatic nitrogens is 5. The van der Waals surface area contributed by atoms with Crippen LogP contribution in [0.1, 0.15) is 19.8 Å². The minimum Gasteiger partial charge on any atom is -0.377 e. The van der Waals surface area contributed by atoms with Gasteiger partial charge in [-0.25, -0.2) is 4.98 Å². The van der Waals surface area contributed by atoms with Gasteiger partial charge < -0.3 is 14.5 Å². The number of morpholine rings is 1. The summed E-state index contributed by atoms with van der Waals surface area (Å²) >= 11 is 0. The molecule has 33 heavy (non-hydrogen) atoms. The van der Waals surface area contributed by atoms with Crippen LogP contribution in [0.3, 0.4) is 0 Å². The maximum atomic E-state index is 12.2. The van der Waals surface area contributed by atoms with Gasteiger partial charge >= 0.3 is 0 Å². The van der Waals surface area contributed by atoms with E-state index < -0.39 is 0 Å². The molecule has 0 bridgehead atoms. The molecular weight excluding hydrogens is 418 g/mol. The van der Waals surface area contributed by atoms with Crippen LogP contribution >= 0.6 is 0 Å². The van der Waals surface area contributed by atoms with E-state index in [1.54, 1.807) is 10.9 Å². The Bertz CT molecular complexity index is 1300. The Balaban J connectivity index is 1.48. The van der Waals surface area contributed by atoms with Crippen LogP contribution in [0.2, 0.25) is 0 Å². The molecule has 5 heterocycles. The largest absolute Gasteiger partial charge is 0.377 e. The molecule has 0 spiro atoms. The number of ether oxygens (including phenoxy) is 1. The third-order valence-electron chi connectivity index (χ3n) is 6.47. The van der Waals surface area contributed by atoms with Crippen LogP contribution in [0.4, 0.5) is 11.5 Å². The highest BCUT2D eigenvalue weighted by molar-refractivity contribution is 5.97. The fourth-order valence-electron chi connectivity index (χ4n) is 4.73. The van der Waals surface area contributed by atoms with Gasteiger partial charge in [0.1, 0.15) is 5.82 Å². The molecule has 0 unspecified atom stereocenters. The molecule has 0 radical (unpaired) electrons. The maximum absolute atomic E-state index is 12.2. The Morgan fingerprint density at radius 2 is 2.03 bits per heavy atom. The molecule has 3 aromatic heterocycles. The predicted octanol–water partition coefficient (Wildman–Crippen LogP) is 3.16. The maximum Gasteiger partial charge on any atom is 0.227 e. The van der Waals surface area contributed by atoms with Crippen molar-refractivity contribution in [1.29, 1.82) is 0 Å². The number of amides is 1. The summed E-state index contributed by atoms with van der Waals surface area (Å²) < 4.78 is 7.43. The lowest BCUT2D eigenvalue weighted by Crippen LogP contribution is -2.44. The van der Waals surface area contributed by atoms with Crippen LogP contribution in [0.25, 0.3) is 28.0 Å². The standard InChI is InChI=1S/C24H25N7O2/c1-16-15-33-12-11-29(16)22-13-19(17-4-6-18(7-5-17)30-10-2-3-23(30)32)20-14-26-31(24(20)27-22)21-8-9-25-28-21/h4-9,13-14,16H,2-3,10-12,15H2,1H3,(H,25,28)/t16-/m1/s1. The topological polar surface area (TPSA) is 92.2 Å². The molecule has 1 aromatic carbocycles. The zero-order valence-electron chi connectivity index (χ0n) is 18.4. The summed E-state index contributed by atoms with van der Waals surface area (Å²) in [6, 6.07) is 12.5. The smallest absolute Gasteiger partial charge is 0.227 e. The fraction of sp³-hybridized carbons (Fsp3) is 0.333. The predicted molar refractivity (Wildman–Crippen MR) is 126 cm³/mol. The number of carbonyl (C=O) groups is 1. The van der Waals surface area contributed by atoms with Gasteiger partial charge in [0.05, 0.1) is 31.6 Å². The molecule has 2 aliphatic heterocycles. The lowest BCUT2D eigenvalue weighted by Gasteiger charge is -2.34. The number of nitrogens with one attached hydrogen (secondary N) is 1. The Morgan fingerprint density at radius 1 is 1.15 bits per heavy atom. The first-order chi connectivity index (χ1) is 16.2. The van der Waals surface area contributed by atoms with Crippen LogP contribution in [0, 0.1) is 0 Å². The van der Waals surface area contributed by atoms with Crippen molar-refractivity contribution in [3.05, 3.63) is 48.8 Å². The molecule has 1 N–H and O–H groups in total. The number of anilines is 2. The number of H-pyrrole nitrogens is 1. The second-order valence-electron chi connectivity index (χ2n) is 8.58. The second-order valence-corrected chi connectivity index (χ2v) is 8.58. The number of nitrogens with zero attached hydrogens (tertiary/aromatic N) is 6. The molecule has 9 heteroatoms. The van der Waals surface area contributed by atoms with Crippen molar-refractivity contribution in [3.8, 4) is 16.9 Å². The zero-order chi connectivity index (χ0) is 22.4. The van der Waals surface area contributed by atoms with Gasteiger partial charge in [0.15, 0.2) is 11.5 Å². The molecule has 168 valence electrons. The van der Waals surface area contributed by atoms with Crippen LogP contribution in [0.15, 0.2) is 48.8 Å². The van der Waals surface area contributed by atoms with Crippen molar-refractivity contribution < 1.29 is 9.53 Å². The van der Waals surface area contributed by atoms with E-state index in [1.807, 2.05) is 29.3 Å². The summed E-state index contributed by atoms with van der Waals surface area (Å²) in [6.45, 7) is 5.07. The van der Waals surface area contributed by atoms with Gasteiger partial charge in [0, 0.05) is 36.7 Å². The van der Waals surface area contributed by atoms with Crippen LogP contribution in [-0.2, 0) is 9.53 Å². The monoisotopic (exact) mass is 443 g/mol. The summed E-state index contributed by atoms with van der Waals surface area (Å²) in [7, 11) is 0. The highest BCUT2D eigenvalue weighted by Crippen LogP contribution is 2.34. The molecule has 4 aromatic rings. The van der Waals surface area contributed by atoms with Crippen molar-refractivity contribution in [3.63, 3.8) is 0 Å². The van der Waals surface area contributed by atoms with Gasteiger partial charge in [-0.1, -0.05) is 12.1 Å². The minimum atomic E-state index is 0.193. The highest BCUT2D eigenvalue weighted by atomic mass is 16.5. The highest BCUT2D eigenvalue weighted by Gasteiger charge is 2.24. The average Bonchev–Trinajstić information content (AvgIpc) is 3.59. The number of carbonyl (C=O) groups excluding carboxylic acids is 1. The molecule has 2 saturated heterocycles. The number of rotatable bonds is 4. The van der Waals surface area contributed by atoms with Crippen molar-refractivity contribution >= 4 is 28.4 Å². The number of hydrogen-bond acceptors (Lipinski definition) is 6. The summed E-state index contributed by atoms with van der Waals surface area (Å²) in [4.78, 5) is 21.3. The molecule has 0 aliphatic carbocycles. The SMILES string of the molecule is C[C@@H]1COCCN1c1cc(-c2ccc(N3CCCC3=O)cc2)c2cnn(-c3ccn[nH]3)c2n1.